The van der Waals surface area contributed by atoms with Crippen LogP contribution < -0.4 is 10.6 Å². The predicted octanol–water partition coefficient (Wildman–Crippen LogP) is 1.77. The van der Waals surface area contributed by atoms with Crippen molar-refractivity contribution in [3.63, 3.8) is 0 Å². The highest BCUT2D eigenvalue weighted by atomic mass is 15.3. The van der Waals surface area contributed by atoms with Gasteiger partial charge in [-0.1, -0.05) is 30.3 Å². The normalized spacial score (nSPS) is 19.1. The zero-order valence-corrected chi connectivity index (χ0v) is 11.8. The Labute approximate surface area is 120 Å². The summed E-state index contributed by atoms with van der Waals surface area (Å²) in [6, 6.07) is 11.0. The van der Waals surface area contributed by atoms with E-state index in [9.17, 15) is 0 Å². The number of piperidine rings is 1. The smallest absolute Gasteiger partial charge is 0.0659 e. The molecule has 2 N–H and O–H groups in total. The molecule has 1 aliphatic heterocycles. The summed E-state index contributed by atoms with van der Waals surface area (Å²) in [5.74, 6) is 0. The molecule has 1 atom stereocenters. The third kappa shape index (κ3) is 3.68. The fourth-order valence-electron chi connectivity index (χ4n) is 2.64. The average Bonchev–Trinajstić information content (AvgIpc) is 2.95. The second kappa shape index (κ2) is 6.68. The van der Waals surface area contributed by atoms with E-state index < -0.39 is 0 Å². The van der Waals surface area contributed by atoms with Crippen LogP contribution in [0.3, 0.4) is 0 Å². The first-order valence-electron chi connectivity index (χ1n) is 7.39. The van der Waals surface area contributed by atoms with Gasteiger partial charge in [0.15, 0.2) is 0 Å². The number of hydrogen-bond donors (Lipinski definition) is 2. The molecule has 3 rings (SSSR count). The minimum atomic E-state index is 0.598. The molecule has 1 saturated heterocycles. The number of benzene rings is 1. The van der Waals surface area contributed by atoms with Gasteiger partial charge in [-0.15, -0.1) is 0 Å². The van der Waals surface area contributed by atoms with Crippen LogP contribution in [0.2, 0.25) is 0 Å². The highest BCUT2D eigenvalue weighted by Crippen LogP contribution is 2.06. The van der Waals surface area contributed by atoms with Crippen molar-refractivity contribution in [2.75, 3.05) is 13.1 Å². The Hall–Kier alpha value is -1.65. The number of nitrogens with one attached hydrogen (secondary N) is 2. The monoisotopic (exact) mass is 270 g/mol. The van der Waals surface area contributed by atoms with Crippen molar-refractivity contribution in [1.29, 1.82) is 0 Å². The molecule has 0 amide bonds. The van der Waals surface area contributed by atoms with E-state index in [1.165, 1.54) is 24.0 Å². The summed E-state index contributed by atoms with van der Waals surface area (Å²) in [7, 11) is 0. The zero-order valence-electron chi connectivity index (χ0n) is 11.8. The van der Waals surface area contributed by atoms with E-state index in [1.54, 1.807) is 0 Å². The fourth-order valence-corrected chi connectivity index (χ4v) is 2.64. The first-order chi connectivity index (χ1) is 9.90. The summed E-state index contributed by atoms with van der Waals surface area (Å²) in [6.07, 6.45) is 6.64. The van der Waals surface area contributed by atoms with Gasteiger partial charge in [-0.05, 0) is 24.9 Å². The van der Waals surface area contributed by atoms with Gasteiger partial charge in [-0.2, -0.15) is 5.10 Å². The lowest BCUT2D eigenvalue weighted by Crippen LogP contribution is -2.42. The van der Waals surface area contributed by atoms with E-state index in [4.69, 9.17) is 0 Å². The fraction of sp³-hybridized carbons (Fsp3) is 0.438. The highest BCUT2D eigenvalue weighted by molar-refractivity contribution is 5.15. The zero-order chi connectivity index (χ0) is 13.6. The molecule has 2 heterocycles. The molecule has 1 aromatic heterocycles. The van der Waals surface area contributed by atoms with E-state index in [1.807, 2.05) is 16.9 Å². The molecule has 4 heteroatoms. The maximum absolute atomic E-state index is 4.44. The molecular weight excluding hydrogens is 248 g/mol. The van der Waals surface area contributed by atoms with E-state index >= 15 is 0 Å². The number of aromatic nitrogens is 2. The van der Waals surface area contributed by atoms with Crippen LogP contribution in [0, 0.1) is 0 Å². The molecule has 0 aliphatic carbocycles. The van der Waals surface area contributed by atoms with Crippen molar-refractivity contribution in [3.05, 3.63) is 53.9 Å². The summed E-state index contributed by atoms with van der Waals surface area (Å²) < 4.78 is 2.01. The molecule has 1 unspecified atom stereocenters. The molecule has 2 aromatic rings. The third-order valence-electron chi connectivity index (χ3n) is 3.77. The first-order valence-corrected chi connectivity index (χ1v) is 7.39. The number of rotatable bonds is 5. The Kier molecular flexibility index (Phi) is 4.46. The number of nitrogens with zero attached hydrogens (tertiary/aromatic N) is 2. The molecule has 1 fully saturated rings. The Morgan fingerprint density at radius 3 is 2.95 bits per heavy atom. The van der Waals surface area contributed by atoms with Crippen molar-refractivity contribution >= 4 is 0 Å². The van der Waals surface area contributed by atoms with Crippen LogP contribution in [0.4, 0.5) is 0 Å². The highest BCUT2D eigenvalue weighted by Gasteiger charge is 2.12. The van der Waals surface area contributed by atoms with Gasteiger partial charge in [-0.25, -0.2) is 0 Å². The van der Waals surface area contributed by atoms with Crippen LogP contribution in [0.25, 0.3) is 0 Å². The Bertz CT molecular complexity index is 514. The van der Waals surface area contributed by atoms with Crippen LogP contribution in [-0.4, -0.2) is 28.9 Å². The van der Waals surface area contributed by atoms with Gasteiger partial charge in [0.2, 0.25) is 0 Å². The molecule has 0 spiro atoms. The van der Waals surface area contributed by atoms with Gasteiger partial charge in [0, 0.05) is 30.9 Å². The first kappa shape index (κ1) is 13.3. The van der Waals surface area contributed by atoms with E-state index in [0.29, 0.717) is 6.04 Å². The molecule has 4 nitrogen and oxygen atoms in total. The van der Waals surface area contributed by atoms with Crippen molar-refractivity contribution in [2.24, 2.45) is 0 Å². The second-order valence-electron chi connectivity index (χ2n) is 5.46. The molecule has 1 aromatic carbocycles. The van der Waals surface area contributed by atoms with Crippen LogP contribution in [0.15, 0.2) is 42.7 Å². The average molecular weight is 270 g/mol. The van der Waals surface area contributed by atoms with Crippen molar-refractivity contribution in [3.8, 4) is 0 Å². The van der Waals surface area contributed by atoms with Gasteiger partial charge in [0.25, 0.3) is 0 Å². The predicted molar refractivity (Wildman–Crippen MR) is 80.5 cm³/mol. The molecule has 0 saturated carbocycles. The van der Waals surface area contributed by atoms with Crippen molar-refractivity contribution in [1.82, 2.24) is 20.4 Å². The van der Waals surface area contributed by atoms with E-state index in [2.05, 4.69) is 46.2 Å². The Balaban J connectivity index is 1.51. The summed E-state index contributed by atoms with van der Waals surface area (Å²) in [5.41, 5.74) is 2.54. The lowest BCUT2D eigenvalue weighted by atomic mass is 10.1. The van der Waals surface area contributed by atoms with Gasteiger partial charge < -0.3 is 10.6 Å². The minimum absolute atomic E-state index is 0.598. The lowest BCUT2D eigenvalue weighted by Gasteiger charge is -2.23. The molecule has 0 bridgehead atoms. The van der Waals surface area contributed by atoms with Crippen LogP contribution in [-0.2, 0) is 13.1 Å². The number of hydrogen-bond acceptors (Lipinski definition) is 3. The Morgan fingerprint density at radius 2 is 2.15 bits per heavy atom. The summed E-state index contributed by atoms with van der Waals surface area (Å²) in [6.45, 7) is 3.98. The Morgan fingerprint density at radius 1 is 1.25 bits per heavy atom. The molecule has 1 aliphatic rings. The van der Waals surface area contributed by atoms with Gasteiger partial charge in [0.05, 0.1) is 12.7 Å². The lowest BCUT2D eigenvalue weighted by molar-refractivity contribution is 0.389. The SMILES string of the molecule is c1ccc(Cn2cc(CNC3CCCNC3)cn2)cc1. The summed E-state index contributed by atoms with van der Waals surface area (Å²) >= 11 is 0. The van der Waals surface area contributed by atoms with Gasteiger partial charge >= 0.3 is 0 Å². The van der Waals surface area contributed by atoms with E-state index in [-0.39, 0.29) is 0 Å². The van der Waals surface area contributed by atoms with Crippen LogP contribution >= 0.6 is 0 Å². The molecule has 0 radical (unpaired) electrons. The maximum atomic E-state index is 4.44. The second-order valence-corrected chi connectivity index (χ2v) is 5.46. The van der Waals surface area contributed by atoms with Gasteiger partial charge in [0.1, 0.15) is 0 Å². The largest absolute Gasteiger partial charge is 0.315 e. The van der Waals surface area contributed by atoms with E-state index in [0.717, 1.165) is 26.2 Å². The van der Waals surface area contributed by atoms with Crippen LogP contribution in [0.5, 0.6) is 0 Å². The topological polar surface area (TPSA) is 41.9 Å². The summed E-state index contributed by atoms with van der Waals surface area (Å²) in [5, 5.41) is 11.5. The van der Waals surface area contributed by atoms with Gasteiger partial charge in [-0.3, -0.25) is 4.68 Å². The summed E-state index contributed by atoms with van der Waals surface area (Å²) in [4.78, 5) is 0. The van der Waals surface area contributed by atoms with Crippen molar-refractivity contribution in [2.45, 2.75) is 32.0 Å². The third-order valence-corrected chi connectivity index (χ3v) is 3.77. The molecule has 106 valence electrons. The van der Waals surface area contributed by atoms with Crippen LogP contribution in [0.1, 0.15) is 24.0 Å². The standard InChI is InChI=1S/C16H22N4/c1-2-5-14(6-3-1)12-20-13-15(10-19-20)9-18-16-7-4-8-17-11-16/h1-3,5-6,10,13,16-18H,4,7-9,11-12H2. The molecule has 20 heavy (non-hydrogen) atoms. The molecular formula is C16H22N4. The van der Waals surface area contributed by atoms with Crippen molar-refractivity contribution < 1.29 is 0 Å². The quantitative estimate of drug-likeness (QED) is 0.870. The minimum Gasteiger partial charge on any atom is -0.315 e. The maximum Gasteiger partial charge on any atom is 0.0659 e.